The lowest BCUT2D eigenvalue weighted by Crippen LogP contribution is -2.23. The Kier molecular flexibility index (Phi) is 5.73. The zero-order valence-corrected chi connectivity index (χ0v) is 13.3. The van der Waals surface area contributed by atoms with Gasteiger partial charge in [0.05, 0.1) is 12.7 Å². The molecule has 0 fully saturated rings. The van der Waals surface area contributed by atoms with Crippen LogP contribution in [0.15, 0.2) is 42.5 Å². The Morgan fingerprint density at radius 3 is 2.43 bits per heavy atom. The highest BCUT2D eigenvalue weighted by molar-refractivity contribution is 6.05. The number of carbonyl (C=O) groups is 1. The Morgan fingerprint density at radius 2 is 1.78 bits per heavy atom. The normalized spacial score (nSPS) is 11.8. The molecule has 0 bridgehead atoms. The van der Waals surface area contributed by atoms with Crippen LogP contribution in [0.2, 0.25) is 0 Å². The van der Waals surface area contributed by atoms with Crippen molar-refractivity contribution >= 4 is 17.3 Å². The van der Waals surface area contributed by atoms with E-state index in [9.17, 15) is 9.90 Å². The minimum absolute atomic E-state index is 0.186. The number of aryl methyl sites for hydroxylation is 2. The average Bonchev–Trinajstić information content (AvgIpc) is 2.56. The Balaban J connectivity index is 2.11. The van der Waals surface area contributed by atoms with E-state index in [-0.39, 0.29) is 19.1 Å². The number of hydrogen-bond acceptors (Lipinski definition) is 4. The number of nitrogens with one attached hydrogen (secondary N) is 2. The lowest BCUT2D eigenvalue weighted by Gasteiger charge is -2.13. The summed E-state index contributed by atoms with van der Waals surface area (Å²) < 4.78 is 0. The van der Waals surface area contributed by atoms with E-state index in [2.05, 4.69) is 10.6 Å². The number of anilines is 2. The molecule has 1 unspecified atom stereocenters. The molecule has 2 rings (SSSR count). The molecule has 5 nitrogen and oxygen atoms in total. The maximum Gasteiger partial charge on any atom is 0.255 e. The summed E-state index contributed by atoms with van der Waals surface area (Å²) in [6.45, 7) is 3.83. The molecule has 0 aliphatic heterocycles. The zero-order chi connectivity index (χ0) is 16.8. The number of benzene rings is 2. The van der Waals surface area contributed by atoms with Crippen molar-refractivity contribution in [3.05, 3.63) is 59.2 Å². The van der Waals surface area contributed by atoms with Crippen LogP contribution in [0.5, 0.6) is 0 Å². The summed E-state index contributed by atoms with van der Waals surface area (Å²) in [5, 5.41) is 24.1. The first-order chi connectivity index (χ1) is 11.0. The van der Waals surface area contributed by atoms with Crippen molar-refractivity contribution in [3.8, 4) is 0 Å². The van der Waals surface area contributed by atoms with E-state index >= 15 is 0 Å². The molecular weight excluding hydrogens is 292 g/mol. The predicted molar refractivity (Wildman–Crippen MR) is 91.9 cm³/mol. The molecule has 1 atom stereocenters. The molecule has 0 aliphatic carbocycles. The summed E-state index contributed by atoms with van der Waals surface area (Å²) in [5.74, 6) is -0.186. The fourth-order valence-corrected chi connectivity index (χ4v) is 2.27. The van der Waals surface area contributed by atoms with Crippen molar-refractivity contribution in [2.45, 2.75) is 20.0 Å². The lowest BCUT2D eigenvalue weighted by atomic mass is 10.1. The monoisotopic (exact) mass is 314 g/mol. The first-order valence-electron chi connectivity index (χ1n) is 7.51. The van der Waals surface area contributed by atoms with Gasteiger partial charge >= 0.3 is 0 Å². The number of hydrogen-bond donors (Lipinski definition) is 4. The highest BCUT2D eigenvalue weighted by Crippen LogP contribution is 2.21. The Bertz CT molecular complexity index is 665. The molecule has 122 valence electrons. The number of carbonyl (C=O) groups excluding carboxylic acids is 1. The van der Waals surface area contributed by atoms with E-state index < -0.39 is 6.10 Å². The second-order valence-corrected chi connectivity index (χ2v) is 5.52. The Labute approximate surface area is 136 Å². The van der Waals surface area contributed by atoms with Crippen LogP contribution in [0.4, 0.5) is 11.4 Å². The van der Waals surface area contributed by atoms with Gasteiger partial charge in [-0.05, 0) is 43.2 Å². The van der Waals surface area contributed by atoms with Crippen LogP contribution in [-0.4, -0.2) is 35.4 Å². The predicted octanol–water partition coefficient (Wildman–Crippen LogP) is 2.32. The first kappa shape index (κ1) is 17.0. The first-order valence-corrected chi connectivity index (χ1v) is 7.51. The van der Waals surface area contributed by atoms with E-state index in [4.69, 9.17) is 5.11 Å². The average molecular weight is 314 g/mol. The van der Waals surface area contributed by atoms with Crippen molar-refractivity contribution in [1.82, 2.24) is 0 Å². The number of aliphatic hydroxyl groups is 2. The zero-order valence-electron chi connectivity index (χ0n) is 13.3. The number of amides is 1. The summed E-state index contributed by atoms with van der Waals surface area (Å²) in [4.78, 5) is 12.4. The van der Waals surface area contributed by atoms with Gasteiger partial charge in [-0.1, -0.05) is 24.3 Å². The quantitative estimate of drug-likeness (QED) is 0.659. The van der Waals surface area contributed by atoms with Crippen molar-refractivity contribution in [3.63, 3.8) is 0 Å². The smallest absolute Gasteiger partial charge is 0.255 e. The van der Waals surface area contributed by atoms with Crippen LogP contribution in [0, 0.1) is 13.8 Å². The molecule has 2 aromatic rings. The third kappa shape index (κ3) is 4.55. The van der Waals surface area contributed by atoms with Gasteiger partial charge in [-0.15, -0.1) is 0 Å². The summed E-state index contributed by atoms with van der Waals surface area (Å²) in [6, 6.07) is 12.9. The fourth-order valence-electron chi connectivity index (χ4n) is 2.27. The molecule has 0 aromatic heterocycles. The molecule has 1 amide bonds. The molecule has 0 aliphatic rings. The Hall–Kier alpha value is -2.37. The van der Waals surface area contributed by atoms with Crippen LogP contribution >= 0.6 is 0 Å². The highest BCUT2D eigenvalue weighted by Gasteiger charge is 2.10. The Morgan fingerprint density at radius 1 is 1.13 bits per heavy atom. The van der Waals surface area contributed by atoms with Crippen molar-refractivity contribution < 1.29 is 15.0 Å². The number of para-hydroxylation sites is 1. The van der Waals surface area contributed by atoms with Crippen molar-refractivity contribution in [1.29, 1.82) is 0 Å². The van der Waals surface area contributed by atoms with E-state index in [1.807, 2.05) is 32.0 Å². The van der Waals surface area contributed by atoms with E-state index in [1.165, 1.54) is 0 Å². The second-order valence-electron chi connectivity index (χ2n) is 5.52. The van der Waals surface area contributed by atoms with Crippen molar-refractivity contribution in [2.24, 2.45) is 0 Å². The maximum absolute atomic E-state index is 12.4. The molecule has 2 aromatic carbocycles. The van der Waals surface area contributed by atoms with Crippen LogP contribution in [0.3, 0.4) is 0 Å². The molecule has 0 spiro atoms. The summed E-state index contributed by atoms with van der Waals surface area (Å²) in [5.41, 5.74) is 4.09. The van der Waals surface area contributed by atoms with Crippen LogP contribution in [0.1, 0.15) is 21.5 Å². The van der Waals surface area contributed by atoms with E-state index in [0.29, 0.717) is 11.3 Å². The van der Waals surface area contributed by atoms with Gasteiger partial charge in [-0.25, -0.2) is 0 Å². The fraction of sp³-hybridized carbons (Fsp3) is 0.278. The SMILES string of the molecule is Cc1cccc(C)c1NC(=O)c1cccc(NCC(O)CO)c1. The highest BCUT2D eigenvalue weighted by atomic mass is 16.3. The minimum Gasteiger partial charge on any atom is -0.394 e. The molecule has 0 saturated heterocycles. The lowest BCUT2D eigenvalue weighted by molar-refractivity contribution is 0.102. The number of rotatable bonds is 6. The van der Waals surface area contributed by atoms with Crippen LogP contribution in [0.25, 0.3) is 0 Å². The molecule has 0 saturated carbocycles. The summed E-state index contributed by atoms with van der Waals surface area (Å²) in [6.07, 6.45) is -0.831. The second kappa shape index (κ2) is 7.76. The van der Waals surface area contributed by atoms with Gasteiger partial charge in [0.2, 0.25) is 0 Å². The molecular formula is C18H22N2O3. The maximum atomic E-state index is 12.4. The van der Waals surface area contributed by atoms with Crippen LogP contribution < -0.4 is 10.6 Å². The third-order valence-electron chi connectivity index (χ3n) is 3.60. The molecule has 0 heterocycles. The van der Waals surface area contributed by atoms with Gasteiger partial charge in [0.1, 0.15) is 0 Å². The third-order valence-corrected chi connectivity index (χ3v) is 3.60. The van der Waals surface area contributed by atoms with Gasteiger partial charge < -0.3 is 20.8 Å². The largest absolute Gasteiger partial charge is 0.394 e. The van der Waals surface area contributed by atoms with E-state index in [0.717, 1.165) is 16.8 Å². The molecule has 5 heteroatoms. The topological polar surface area (TPSA) is 81.6 Å². The van der Waals surface area contributed by atoms with Gasteiger partial charge in [-0.2, -0.15) is 0 Å². The summed E-state index contributed by atoms with van der Waals surface area (Å²) >= 11 is 0. The van der Waals surface area contributed by atoms with Gasteiger partial charge in [0.15, 0.2) is 0 Å². The molecule has 0 radical (unpaired) electrons. The number of aliphatic hydroxyl groups excluding tert-OH is 2. The van der Waals surface area contributed by atoms with E-state index in [1.54, 1.807) is 24.3 Å². The minimum atomic E-state index is -0.831. The van der Waals surface area contributed by atoms with Gasteiger partial charge in [-0.3, -0.25) is 4.79 Å². The van der Waals surface area contributed by atoms with Crippen LogP contribution in [-0.2, 0) is 0 Å². The summed E-state index contributed by atoms with van der Waals surface area (Å²) in [7, 11) is 0. The van der Waals surface area contributed by atoms with Crippen molar-refractivity contribution in [2.75, 3.05) is 23.8 Å². The standard InChI is InChI=1S/C18H22N2O3/c1-12-5-3-6-13(2)17(12)20-18(23)14-7-4-8-15(9-14)19-10-16(22)11-21/h3-9,16,19,21-22H,10-11H2,1-2H3,(H,20,23). The van der Waals surface area contributed by atoms with Gasteiger partial charge in [0.25, 0.3) is 5.91 Å². The molecule has 23 heavy (non-hydrogen) atoms. The molecule has 4 N–H and O–H groups in total. The van der Waals surface area contributed by atoms with Gasteiger partial charge in [0, 0.05) is 23.5 Å².